The second-order valence-corrected chi connectivity index (χ2v) is 5.44. The van der Waals surface area contributed by atoms with Crippen molar-refractivity contribution >= 4 is 29.9 Å². The first kappa shape index (κ1) is 22.2. The van der Waals surface area contributed by atoms with Gasteiger partial charge in [-0.25, -0.2) is 0 Å². The van der Waals surface area contributed by atoms with Crippen LogP contribution in [0.4, 0.5) is 0 Å². The summed E-state index contributed by atoms with van der Waals surface area (Å²) in [6.07, 6.45) is 2.36. The van der Waals surface area contributed by atoms with Gasteiger partial charge in [0.15, 0.2) is 5.96 Å². The second-order valence-electron chi connectivity index (χ2n) is 5.44. The van der Waals surface area contributed by atoms with Gasteiger partial charge in [0.1, 0.15) is 0 Å². The number of aliphatic imine (C=N–C) groups is 1. The van der Waals surface area contributed by atoms with Crippen LogP contribution in [-0.2, 0) is 13.1 Å². The van der Waals surface area contributed by atoms with Crippen molar-refractivity contribution in [3.63, 3.8) is 0 Å². The minimum atomic E-state index is 0. The molecule has 23 heavy (non-hydrogen) atoms. The molecule has 0 radical (unpaired) electrons. The number of unbranched alkanes of at least 4 members (excludes halogenated alkanes) is 1. The Balaban J connectivity index is 0.00000484. The highest BCUT2D eigenvalue weighted by atomic mass is 127. The highest BCUT2D eigenvalue weighted by Crippen LogP contribution is 2.11. The molecule has 5 heteroatoms. The highest BCUT2D eigenvalue weighted by Gasteiger charge is 2.06. The largest absolute Gasteiger partial charge is 0.356 e. The maximum atomic E-state index is 4.28. The van der Waals surface area contributed by atoms with E-state index in [1.165, 1.54) is 24.0 Å². The average molecular weight is 432 g/mol. The Morgan fingerprint density at radius 3 is 2.26 bits per heavy atom. The number of rotatable bonds is 9. The van der Waals surface area contributed by atoms with Crippen LogP contribution in [0.25, 0.3) is 0 Å². The molecule has 0 bridgehead atoms. The lowest BCUT2D eigenvalue weighted by Crippen LogP contribution is -2.37. The molecule has 0 heterocycles. The van der Waals surface area contributed by atoms with Gasteiger partial charge in [0.05, 0.1) is 0 Å². The fourth-order valence-electron chi connectivity index (χ4n) is 2.36. The summed E-state index contributed by atoms with van der Waals surface area (Å²) in [5.41, 5.74) is 2.73. The van der Waals surface area contributed by atoms with Crippen LogP contribution in [0.15, 0.2) is 29.3 Å². The first-order valence-corrected chi connectivity index (χ1v) is 8.48. The van der Waals surface area contributed by atoms with E-state index in [9.17, 15) is 0 Å². The third kappa shape index (κ3) is 8.55. The van der Waals surface area contributed by atoms with Gasteiger partial charge in [-0.2, -0.15) is 0 Å². The zero-order valence-electron chi connectivity index (χ0n) is 15.1. The van der Waals surface area contributed by atoms with Gasteiger partial charge in [0, 0.05) is 26.7 Å². The Labute approximate surface area is 159 Å². The fraction of sp³-hybridized carbons (Fsp3) is 0.611. The first-order chi connectivity index (χ1) is 10.7. The van der Waals surface area contributed by atoms with E-state index in [2.05, 4.69) is 65.6 Å². The van der Waals surface area contributed by atoms with E-state index in [1.54, 1.807) is 0 Å². The molecule has 0 fully saturated rings. The van der Waals surface area contributed by atoms with Crippen molar-refractivity contribution in [3.05, 3.63) is 35.4 Å². The van der Waals surface area contributed by atoms with Gasteiger partial charge in [0.2, 0.25) is 0 Å². The summed E-state index contributed by atoms with van der Waals surface area (Å²) in [6, 6.07) is 8.65. The van der Waals surface area contributed by atoms with E-state index >= 15 is 0 Å². The summed E-state index contributed by atoms with van der Waals surface area (Å²) in [6.45, 7) is 11.6. The lowest BCUT2D eigenvalue weighted by atomic mass is 10.1. The summed E-state index contributed by atoms with van der Waals surface area (Å²) in [4.78, 5) is 6.72. The molecule has 0 saturated heterocycles. The van der Waals surface area contributed by atoms with E-state index in [4.69, 9.17) is 0 Å². The molecular formula is C18H33IN4. The zero-order valence-corrected chi connectivity index (χ0v) is 17.4. The van der Waals surface area contributed by atoms with Crippen LogP contribution in [0.5, 0.6) is 0 Å². The minimum absolute atomic E-state index is 0. The maximum Gasteiger partial charge on any atom is 0.191 e. The molecule has 132 valence electrons. The lowest BCUT2D eigenvalue weighted by molar-refractivity contribution is 0.295. The van der Waals surface area contributed by atoms with Crippen molar-refractivity contribution in [2.75, 3.05) is 26.7 Å². The van der Waals surface area contributed by atoms with Gasteiger partial charge < -0.3 is 10.6 Å². The Morgan fingerprint density at radius 2 is 1.70 bits per heavy atom. The maximum absolute atomic E-state index is 4.28. The van der Waals surface area contributed by atoms with Crippen molar-refractivity contribution < 1.29 is 0 Å². The molecule has 4 nitrogen and oxygen atoms in total. The standard InChI is InChI=1S/C18H32N4.HI/c1-5-8-13-20-18(19-4)21-14-16-11-9-10-12-17(16)15-22(6-2)7-3;/h9-12H,5-8,13-15H2,1-4H3,(H2,19,20,21);1H. The molecule has 0 unspecified atom stereocenters. The van der Waals surface area contributed by atoms with Crippen LogP contribution >= 0.6 is 24.0 Å². The number of halogens is 1. The quantitative estimate of drug-likeness (QED) is 0.271. The predicted octanol–water partition coefficient (Wildman–Crippen LogP) is 3.61. The molecular weight excluding hydrogens is 399 g/mol. The minimum Gasteiger partial charge on any atom is -0.356 e. The Kier molecular flexibility index (Phi) is 13.1. The molecule has 1 rings (SSSR count). The summed E-state index contributed by atoms with van der Waals surface area (Å²) < 4.78 is 0. The number of nitrogens with one attached hydrogen (secondary N) is 2. The molecule has 0 aliphatic carbocycles. The predicted molar refractivity (Wildman–Crippen MR) is 112 cm³/mol. The normalized spacial score (nSPS) is 11.3. The van der Waals surface area contributed by atoms with Gasteiger partial charge in [-0.1, -0.05) is 51.5 Å². The van der Waals surface area contributed by atoms with E-state index in [1.807, 2.05) is 7.05 Å². The fourth-order valence-corrected chi connectivity index (χ4v) is 2.36. The van der Waals surface area contributed by atoms with Crippen molar-refractivity contribution in [2.45, 2.75) is 46.7 Å². The van der Waals surface area contributed by atoms with Crippen molar-refractivity contribution in [1.82, 2.24) is 15.5 Å². The van der Waals surface area contributed by atoms with E-state index < -0.39 is 0 Å². The van der Waals surface area contributed by atoms with Crippen LogP contribution in [0.3, 0.4) is 0 Å². The summed E-state index contributed by atoms with van der Waals surface area (Å²) in [5, 5.41) is 6.77. The first-order valence-electron chi connectivity index (χ1n) is 8.48. The molecule has 1 aromatic rings. The third-order valence-corrected chi connectivity index (χ3v) is 3.90. The number of hydrogen-bond acceptors (Lipinski definition) is 2. The molecule has 0 spiro atoms. The molecule has 0 aliphatic rings. The highest BCUT2D eigenvalue weighted by molar-refractivity contribution is 14.0. The van der Waals surface area contributed by atoms with Crippen LogP contribution in [0.2, 0.25) is 0 Å². The molecule has 0 aliphatic heterocycles. The zero-order chi connectivity index (χ0) is 16.2. The van der Waals surface area contributed by atoms with Crippen LogP contribution in [0.1, 0.15) is 44.7 Å². The van der Waals surface area contributed by atoms with E-state index in [0.29, 0.717) is 0 Å². The third-order valence-electron chi connectivity index (χ3n) is 3.90. The molecule has 0 aromatic heterocycles. The number of hydrogen-bond donors (Lipinski definition) is 2. The topological polar surface area (TPSA) is 39.7 Å². The summed E-state index contributed by atoms with van der Waals surface area (Å²) >= 11 is 0. The van der Waals surface area contributed by atoms with Crippen LogP contribution in [-0.4, -0.2) is 37.5 Å². The lowest BCUT2D eigenvalue weighted by Gasteiger charge is -2.20. The van der Waals surface area contributed by atoms with Gasteiger partial charge in [-0.15, -0.1) is 24.0 Å². The van der Waals surface area contributed by atoms with Gasteiger partial charge in [-0.05, 0) is 30.6 Å². The van der Waals surface area contributed by atoms with E-state index in [0.717, 1.165) is 38.7 Å². The molecule has 0 amide bonds. The van der Waals surface area contributed by atoms with Crippen molar-refractivity contribution in [1.29, 1.82) is 0 Å². The molecule has 1 aromatic carbocycles. The van der Waals surface area contributed by atoms with Gasteiger partial charge in [-0.3, -0.25) is 9.89 Å². The number of nitrogens with zero attached hydrogens (tertiary/aromatic N) is 2. The van der Waals surface area contributed by atoms with Crippen LogP contribution in [0, 0.1) is 0 Å². The van der Waals surface area contributed by atoms with Gasteiger partial charge in [0.25, 0.3) is 0 Å². The van der Waals surface area contributed by atoms with Crippen molar-refractivity contribution in [2.24, 2.45) is 4.99 Å². The Hall–Kier alpha value is -0.820. The summed E-state index contributed by atoms with van der Waals surface area (Å²) in [5.74, 6) is 0.881. The van der Waals surface area contributed by atoms with Crippen LogP contribution < -0.4 is 10.6 Å². The number of guanidine groups is 1. The molecule has 0 saturated carbocycles. The average Bonchev–Trinajstić information content (AvgIpc) is 2.56. The Bertz CT molecular complexity index is 444. The van der Waals surface area contributed by atoms with Gasteiger partial charge >= 0.3 is 0 Å². The molecule has 0 atom stereocenters. The monoisotopic (exact) mass is 432 g/mol. The Morgan fingerprint density at radius 1 is 1.04 bits per heavy atom. The molecule has 2 N–H and O–H groups in total. The SMILES string of the molecule is CCCCNC(=NC)NCc1ccccc1CN(CC)CC.I. The number of benzene rings is 1. The van der Waals surface area contributed by atoms with Crippen molar-refractivity contribution in [3.8, 4) is 0 Å². The smallest absolute Gasteiger partial charge is 0.191 e. The summed E-state index contributed by atoms with van der Waals surface area (Å²) in [7, 11) is 1.82. The second kappa shape index (κ2) is 13.6. The van der Waals surface area contributed by atoms with E-state index in [-0.39, 0.29) is 24.0 Å².